The van der Waals surface area contributed by atoms with Crippen LogP contribution in [0.2, 0.25) is 0 Å². The van der Waals surface area contributed by atoms with Gasteiger partial charge in [0.1, 0.15) is 4.21 Å². The number of piperidine rings is 1. The maximum absolute atomic E-state index is 12.4. The summed E-state index contributed by atoms with van der Waals surface area (Å²) in [5, 5.41) is 4.87. The molecule has 158 valence electrons. The van der Waals surface area contributed by atoms with Crippen molar-refractivity contribution in [3.8, 4) is 0 Å². The van der Waals surface area contributed by atoms with Gasteiger partial charge in [0, 0.05) is 24.8 Å². The Morgan fingerprint density at radius 3 is 2.52 bits per heavy atom. The van der Waals surface area contributed by atoms with E-state index in [9.17, 15) is 13.2 Å². The van der Waals surface area contributed by atoms with Gasteiger partial charge < -0.3 is 10.2 Å². The molecule has 0 atom stereocenters. The molecule has 1 amide bonds. The van der Waals surface area contributed by atoms with Crippen LogP contribution in [-0.4, -0.2) is 44.9 Å². The highest BCUT2D eigenvalue weighted by molar-refractivity contribution is 7.94. The lowest BCUT2D eigenvalue weighted by Crippen LogP contribution is -2.45. The Morgan fingerprint density at radius 2 is 1.90 bits per heavy atom. The highest BCUT2D eigenvalue weighted by Crippen LogP contribution is 2.20. The number of unbranched alkanes of at least 4 members (excludes halogenated alkanes) is 1. The predicted octanol–water partition coefficient (Wildman–Crippen LogP) is 3.47. The molecule has 3 rings (SSSR count). The standard InChI is InChI=1S/C21H29N3O3S2/c1-2-3-12-24-13-10-18(11-14-24)22-20(25)16-17-6-8-19(9-7-17)23-29(26,27)21-5-4-15-28-21/h4-9,15,18,23H,2-3,10-14,16H2,1H3,(H,22,25). The second kappa shape index (κ2) is 10.2. The van der Waals surface area contributed by atoms with Crippen LogP contribution in [0, 0.1) is 0 Å². The van der Waals surface area contributed by atoms with E-state index in [0.717, 1.165) is 38.0 Å². The highest BCUT2D eigenvalue weighted by atomic mass is 32.2. The highest BCUT2D eigenvalue weighted by Gasteiger charge is 2.20. The number of sulfonamides is 1. The summed E-state index contributed by atoms with van der Waals surface area (Å²) in [4.78, 5) is 14.8. The summed E-state index contributed by atoms with van der Waals surface area (Å²) in [5.74, 6) is 0.0175. The first-order valence-electron chi connectivity index (χ1n) is 10.1. The second-order valence-corrected chi connectivity index (χ2v) is 10.3. The van der Waals surface area contributed by atoms with Crippen molar-refractivity contribution < 1.29 is 13.2 Å². The van der Waals surface area contributed by atoms with Gasteiger partial charge >= 0.3 is 0 Å². The quantitative estimate of drug-likeness (QED) is 0.632. The summed E-state index contributed by atoms with van der Waals surface area (Å²) in [6.45, 7) is 5.45. The van der Waals surface area contributed by atoms with Crippen LogP contribution < -0.4 is 10.0 Å². The molecule has 1 aromatic heterocycles. The van der Waals surface area contributed by atoms with E-state index in [-0.39, 0.29) is 16.2 Å². The Labute approximate surface area is 177 Å². The molecule has 0 bridgehead atoms. The number of thiophene rings is 1. The smallest absolute Gasteiger partial charge is 0.271 e. The molecule has 2 heterocycles. The molecular formula is C21H29N3O3S2. The maximum Gasteiger partial charge on any atom is 0.271 e. The van der Waals surface area contributed by atoms with Gasteiger partial charge in [-0.25, -0.2) is 8.42 Å². The number of likely N-dealkylation sites (tertiary alicyclic amines) is 1. The Kier molecular flexibility index (Phi) is 7.69. The number of amides is 1. The van der Waals surface area contributed by atoms with Crippen LogP contribution in [0.5, 0.6) is 0 Å². The molecule has 1 aromatic carbocycles. The lowest BCUT2D eigenvalue weighted by molar-refractivity contribution is -0.121. The first-order chi connectivity index (χ1) is 14.0. The summed E-state index contributed by atoms with van der Waals surface area (Å²) in [5.41, 5.74) is 1.35. The van der Waals surface area contributed by atoms with E-state index >= 15 is 0 Å². The first kappa shape index (κ1) is 21.8. The van der Waals surface area contributed by atoms with Gasteiger partial charge in [-0.3, -0.25) is 9.52 Å². The Morgan fingerprint density at radius 1 is 1.17 bits per heavy atom. The third kappa shape index (κ3) is 6.55. The fraction of sp³-hybridized carbons (Fsp3) is 0.476. The topological polar surface area (TPSA) is 78.5 Å². The minimum absolute atomic E-state index is 0.0175. The number of hydrogen-bond donors (Lipinski definition) is 2. The van der Waals surface area contributed by atoms with Crippen molar-refractivity contribution in [2.75, 3.05) is 24.4 Å². The molecule has 1 aliphatic heterocycles. The van der Waals surface area contributed by atoms with Crippen molar-refractivity contribution in [1.29, 1.82) is 0 Å². The van der Waals surface area contributed by atoms with Crippen LogP contribution in [0.1, 0.15) is 38.2 Å². The van der Waals surface area contributed by atoms with Crippen LogP contribution in [0.4, 0.5) is 5.69 Å². The van der Waals surface area contributed by atoms with Gasteiger partial charge in [0.25, 0.3) is 10.0 Å². The van der Waals surface area contributed by atoms with E-state index in [0.29, 0.717) is 12.1 Å². The molecule has 1 fully saturated rings. The van der Waals surface area contributed by atoms with Crippen LogP contribution in [-0.2, 0) is 21.2 Å². The first-order valence-corrected chi connectivity index (χ1v) is 12.5. The van der Waals surface area contributed by atoms with Crippen molar-refractivity contribution in [2.24, 2.45) is 0 Å². The van der Waals surface area contributed by atoms with E-state index in [4.69, 9.17) is 0 Å². The fourth-order valence-electron chi connectivity index (χ4n) is 3.46. The molecule has 0 radical (unpaired) electrons. The lowest BCUT2D eigenvalue weighted by Gasteiger charge is -2.32. The van der Waals surface area contributed by atoms with Gasteiger partial charge in [0.15, 0.2) is 0 Å². The fourth-order valence-corrected chi connectivity index (χ4v) is 5.51. The van der Waals surface area contributed by atoms with Gasteiger partial charge in [-0.05, 0) is 54.9 Å². The van der Waals surface area contributed by atoms with E-state index in [1.165, 1.54) is 24.2 Å². The minimum Gasteiger partial charge on any atom is -0.353 e. The lowest BCUT2D eigenvalue weighted by atomic mass is 10.0. The molecule has 8 heteroatoms. The van der Waals surface area contributed by atoms with Crippen molar-refractivity contribution in [1.82, 2.24) is 10.2 Å². The Hall–Kier alpha value is -1.90. The molecule has 0 spiro atoms. The van der Waals surface area contributed by atoms with Crippen LogP contribution in [0.15, 0.2) is 46.0 Å². The number of rotatable bonds is 9. The van der Waals surface area contributed by atoms with Gasteiger partial charge in [-0.15, -0.1) is 11.3 Å². The molecule has 2 N–H and O–H groups in total. The average Bonchev–Trinajstić information content (AvgIpc) is 3.25. The third-order valence-electron chi connectivity index (χ3n) is 5.11. The number of nitrogens with zero attached hydrogens (tertiary/aromatic N) is 1. The molecular weight excluding hydrogens is 406 g/mol. The molecule has 0 unspecified atom stereocenters. The molecule has 2 aromatic rings. The Balaban J connectivity index is 1.45. The largest absolute Gasteiger partial charge is 0.353 e. The summed E-state index contributed by atoms with van der Waals surface area (Å²) in [6, 6.07) is 10.5. The second-order valence-electron chi connectivity index (χ2n) is 7.45. The van der Waals surface area contributed by atoms with E-state index in [2.05, 4.69) is 21.9 Å². The SMILES string of the molecule is CCCCN1CCC(NC(=O)Cc2ccc(NS(=O)(=O)c3cccs3)cc2)CC1. The van der Waals surface area contributed by atoms with Gasteiger partial charge in [-0.2, -0.15) is 0 Å². The Bertz CT molecular complexity index is 872. The van der Waals surface area contributed by atoms with Crippen molar-refractivity contribution >= 4 is 33.0 Å². The zero-order valence-electron chi connectivity index (χ0n) is 16.8. The predicted molar refractivity (Wildman–Crippen MR) is 118 cm³/mol. The van der Waals surface area contributed by atoms with Crippen molar-refractivity contribution in [3.05, 3.63) is 47.3 Å². The van der Waals surface area contributed by atoms with Gasteiger partial charge in [0.05, 0.1) is 6.42 Å². The molecule has 29 heavy (non-hydrogen) atoms. The molecule has 0 saturated carbocycles. The van der Waals surface area contributed by atoms with Gasteiger partial charge in [-0.1, -0.05) is 31.5 Å². The summed E-state index contributed by atoms with van der Waals surface area (Å²) >= 11 is 1.17. The third-order valence-corrected chi connectivity index (χ3v) is 7.89. The summed E-state index contributed by atoms with van der Waals surface area (Å²) in [7, 11) is -3.55. The van der Waals surface area contributed by atoms with E-state index in [1.54, 1.807) is 41.8 Å². The van der Waals surface area contributed by atoms with Crippen molar-refractivity contribution in [3.63, 3.8) is 0 Å². The monoisotopic (exact) mass is 435 g/mol. The van der Waals surface area contributed by atoms with Crippen LogP contribution in [0.25, 0.3) is 0 Å². The molecule has 1 saturated heterocycles. The van der Waals surface area contributed by atoms with E-state index in [1.807, 2.05) is 0 Å². The van der Waals surface area contributed by atoms with Crippen LogP contribution >= 0.6 is 11.3 Å². The van der Waals surface area contributed by atoms with Gasteiger partial charge in [0.2, 0.25) is 5.91 Å². The van der Waals surface area contributed by atoms with Crippen LogP contribution in [0.3, 0.4) is 0 Å². The number of nitrogens with one attached hydrogen (secondary N) is 2. The molecule has 6 nitrogen and oxygen atoms in total. The number of carbonyl (C=O) groups is 1. The molecule has 1 aliphatic rings. The zero-order chi connectivity index (χ0) is 20.7. The average molecular weight is 436 g/mol. The normalized spacial score (nSPS) is 15.9. The number of carbonyl (C=O) groups excluding carboxylic acids is 1. The van der Waals surface area contributed by atoms with Crippen molar-refractivity contribution in [2.45, 2.75) is 49.3 Å². The number of anilines is 1. The zero-order valence-corrected chi connectivity index (χ0v) is 18.4. The summed E-state index contributed by atoms with van der Waals surface area (Å²) in [6.07, 6.45) is 4.74. The van der Waals surface area contributed by atoms with E-state index < -0.39 is 10.0 Å². The molecule has 0 aliphatic carbocycles. The minimum atomic E-state index is -3.55. The maximum atomic E-state index is 12.4. The number of benzene rings is 1. The number of hydrogen-bond acceptors (Lipinski definition) is 5. The summed E-state index contributed by atoms with van der Waals surface area (Å²) < 4.78 is 27.4.